The second kappa shape index (κ2) is 10.7. The molecule has 0 bridgehead atoms. The summed E-state index contributed by atoms with van der Waals surface area (Å²) < 4.78 is 5.52. The Labute approximate surface area is 199 Å². The van der Waals surface area contributed by atoms with Gasteiger partial charge in [-0.05, 0) is 41.0 Å². The van der Waals surface area contributed by atoms with Crippen molar-refractivity contribution < 1.29 is 24.2 Å². The molecule has 2 aromatic rings. The Bertz CT molecular complexity index is 1010. The molecule has 3 N–H and O–H groups in total. The van der Waals surface area contributed by atoms with Crippen molar-refractivity contribution in [3.8, 4) is 11.1 Å². The fourth-order valence-corrected chi connectivity index (χ4v) is 5.16. The molecule has 1 fully saturated rings. The van der Waals surface area contributed by atoms with Gasteiger partial charge in [-0.2, -0.15) is 0 Å². The van der Waals surface area contributed by atoms with E-state index >= 15 is 0 Å². The molecule has 7 heteroatoms. The second-order valence-electron chi connectivity index (χ2n) is 9.34. The number of carboxylic acid groups (broad SMARTS) is 1. The first-order valence-electron chi connectivity index (χ1n) is 12.0. The Morgan fingerprint density at radius 3 is 2.24 bits per heavy atom. The van der Waals surface area contributed by atoms with Crippen LogP contribution in [0.25, 0.3) is 11.1 Å². The van der Waals surface area contributed by atoms with Gasteiger partial charge in [0, 0.05) is 19.0 Å². The van der Waals surface area contributed by atoms with E-state index in [4.69, 9.17) is 4.74 Å². The fourth-order valence-electron chi connectivity index (χ4n) is 5.16. The Morgan fingerprint density at radius 2 is 1.59 bits per heavy atom. The maximum Gasteiger partial charge on any atom is 0.407 e. The van der Waals surface area contributed by atoms with Crippen molar-refractivity contribution in [2.24, 2.45) is 17.8 Å². The summed E-state index contributed by atoms with van der Waals surface area (Å²) in [4.78, 5) is 36.2. The van der Waals surface area contributed by atoms with E-state index < -0.39 is 23.9 Å². The van der Waals surface area contributed by atoms with Crippen LogP contribution in [0.3, 0.4) is 0 Å². The van der Waals surface area contributed by atoms with Gasteiger partial charge in [0.05, 0.1) is 11.8 Å². The van der Waals surface area contributed by atoms with Crippen LogP contribution < -0.4 is 10.6 Å². The van der Waals surface area contributed by atoms with Gasteiger partial charge in [0.2, 0.25) is 5.91 Å². The number of alkyl carbamates (subject to hydrolysis) is 1. The van der Waals surface area contributed by atoms with E-state index in [9.17, 15) is 19.5 Å². The number of ether oxygens (including phenoxy) is 1. The predicted molar refractivity (Wildman–Crippen MR) is 128 cm³/mol. The molecule has 0 heterocycles. The molecule has 0 saturated heterocycles. The van der Waals surface area contributed by atoms with Crippen LogP contribution in [0, 0.1) is 17.8 Å². The van der Waals surface area contributed by atoms with Crippen molar-refractivity contribution in [2.45, 2.75) is 38.5 Å². The molecule has 2 aliphatic carbocycles. The van der Waals surface area contributed by atoms with Gasteiger partial charge in [-0.3, -0.25) is 9.59 Å². The Hall–Kier alpha value is -3.35. The third kappa shape index (κ3) is 5.24. The topological polar surface area (TPSA) is 105 Å². The normalized spacial score (nSPS) is 20.0. The zero-order valence-corrected chi connectivity index (χ0v) is 19.5. The molecule has 3 unspecified atom stereocenters. The molecule has 4 rings (SSSR count). The number of aliphatic carboxylic acids is 1. The zero-order valence-electron chi connectivity index (χ0n) is 19.5. The molecule has 7 nitrogen and oxygen atoms in total. The molecule has 180 valence electrons. The zero-order chi connectivity index (χ0) is 24.1. The maximum atomic E-state index is 12.5. The predicted octanol–water partition coefficient (Wildman–Crippen LogP) is 4.17. The summed E-state index contributed by atoms with van der Waals surface area (Å²) in [5.41, 5.74) is 4.62. The summed E-state index contributed by atoms with van der Waals surface area (Å²) in [6.45, 7) is 2.45. The lowest BCUT2D eigenvalue weighted by Gasteiger charge is -2.29. The van der Waals surface area contributed by atoms with Crippen molar-refractivity contribution in [1.29, 1.82) is 0 Å². The minimum absolute atomic E-state index is 0.0171. The van der Waals surface area contributed by atoms with Crippen LogP contribution in [0.2, 0.25) is 0 Å². The fraction of sp³-hybridized carbons (Fsp3) is 0.444. The smallest absolute Gasteiger partial charge is 0.407 e. The minimum atomic E-state index is -0.788. The number of amides is 2. The number of hydrogen-bond donors (Lipinski definition) is 3. The van der Waals surface area contributed by atoms with Gasteiger partial charge in [-0.15, -0.1) is 0 Å². The van der Waals surface area contributed by atoms with Crippen molar-refractivity contribution in [2.75, 3.05) is 19.7 Å². The largest absolute Gasteiger partial charge is 0.481 e. The number of benzene rings is 2. The quantitative estimate of drug-likeness (QED) is 0.544. The standard InChI is InChI=1S/C27H32N2O5/c1-17(25(30)28-15-18-8-2-3-9-19(18)26(31)32)14-29-27(33)34-16-24-22-12-6-4-10-20(22)21-11-5-7-13-23(21)24/h4-7,10-13,17-19,24H,2-3,8-9,14-16H2,1H3,(H,28,30)(H,29,33)(H,31,32). The number of carbonyl (C=O) groups is 3. The summed E-state index contributed by atoms with van der Waals surface area (Å²) in [5, 5.41) is 14.9. The number of fused-ring (bicyclic) bond motifs is 3. The van der Waals surface area contributed by atoms with E-state index in [0.29, 0.717) is 13.0 Å². The van der Waals surface area contributed by atoms with E-state index in [0.717, 1.165) is 30.4 Å². The highest BCUT2D eigenvalue weighted by atomic mass is 16.5. The summed E-state index contributed by atoms with van der Waals surface area (Å²) in [6.07, 6.45) is 2.82. The summed E-state index contributed by atoms with van der Waals surface area (Å²) >= 11 is 0. The van der Waals surface area contributed by atoms with Crippen LogP contribution in [-0.4, -0.2) is 42.8 Å². The van der Waals surface area contributed by atoms with E-state index in [1.807, 2.05) is 24.3 Å². The molecule has 0 aliphatic heterocycles. The van der Waals surface area contributed by atoms with Gasteiger partial charge in [-0.25, -0.2) is 4.79 Å². The van der Waals surface area contributed by atoms with Crippen molar-refractivity contribution in [1.82, 2.24) is 10.6 Å². The summed E-state index contributed by atoms with van der Waals surface area (Å²) in [6, 6.07) is 16.3. The Morgan fingerprint density at radius 1 is 0.971 bits per heavy atom. The number of carbonyl (C=O) groups excluding carboxylic acids is 2. The lowest BCUT2D eigenvalue weighted by molar-refractivity contribution is -0.145. The van der Waals surface area contributed by atoms with Gasteiger partial charge in [0.1, 0.15) is 6.61 Å². The highest BCUT2D eigenvalue weighted by Gasteiger charge is 2.31. The first-order chi connectivity index (χ1) is 16.5. The average Bonchev–Trinajstić information content (AvgIpc) is 3.18. The van der Waals surface area contributed by atoms with Gasteiger partial charge in [0.15, 0.2) is 0 Å². The highest BCUT2D eigenvalue weighted by Crippen LogP contribution is 2.44. The van der Waals surface area contributed by atoms with E-state index in [2.05, 4.69) is 34.9 Å². The second-order valence-corrected chi connectivity index (χ2v) is 9.34. The highest BCUT2D eigenvalue weighted by molar-refractivity contribution is 5.80. The molecular weight excluding hydrogens is 432 g/mol. The van der Waals surface area contributed by atoms with Gasteiger partial charge in [0.25, 0.3) is 0 Å². The molecule has 2 aliphatic rings. The number of hydrogen-bond acceptors (Lipinski definition) is 4. The van der Waals surface area contributed by atoms with E-state index in [-0.39, 0.29) is 30.9 Å². The molecule has 34 heavy (non-hydrogen) atoms. The molecule has 0 aromatic heterocycles. The van der Waals surface area contributed by atoms with Gasteiger partial charge >= 0.3 is 12.1 Å². The third-order valence-electron chi connectivity index (χ3n) is 7.11. The maximum absolute atomic E-state index is 12.5. The van der Waals surface area contributed by atoms with Crippen LogP contribution in [0.4, 0.5) is 4.79 Å². The van der Waals surface area contributed by atoms with E-state index in [1.54, 1.807) is 6.92 Å². The van der Waals surface area contributed by atoms with Crippen LogP contribution in [0.15, 0.2) is 48.5 Å². The van der Waals surface area contributed by atoms with Crippen molar-refractivity contribution in [3.05, 3.63) is 59.7 Å². The molecule has 2 aromatic carbocycles. The molecule has 1 saturated carbocycles. The minimum Gasteiger partial charge on any atom is -0.481 e. The molecular formula is C27H32N2O5. The molecule has 0 radical (unpaired) electrons. The summed E-state index contributed by atoms with van der Waals surface area (Å²) in [7, 11) is 0. The lowest BCUT2D eigenvalue weighted by atomic mass is 9.79. The SMILES string of the molecule is CC(CNC(=O)OCC1c2ccccc2-c2ccccc21)C(=O)NCC1CCCCC1C(=O)O. The molecule has 0 spiro atoms. The van der Waals surface area contributed by atoms with E-state index in [1.165, 1.54) is 11.1 Å². The number of rotatable bonds is 8. The van der Waals surface area contributed by atoms with Crippen molar-refractivity contribution >= 4 is 18.0 Å². The third-order valence-corrected chi connectivity index (χ3v) is 7.11. The molecule has 3 atom stereocenters. The van der Waals surface area contributed by atoms with Crippen molar-refractivity contribution in [3.63, 3.8) is 0 Å². The first kappa shape index (κ1) is 23.8. The summed E-state index contributed by atoms with van der Waals surface area (Å²) in [5.74, 6) is -1.90. The number of carboxylic acids is 1. The van der Waals surface area contributed by atoms with Gasteiger partial charge in [-0.1, -0.05) is 68.3 Å². The number of nitrogens with one attached hydrogen (secondary N) is 2. The first-order valence-corrected chi connectivity index (χ1v) is 12.0. The van der Waals surface area contributed by atoms with Crippen LogP contribution in [0.5, 0.6) is 0 Å². The Balaban J connectivity index is 1.23. The monoisotopic (exact) mass is 464 g/mol. The average molecular weight is 465 g/mol. The Kier molecular flexibility index (Phi) is 7.50. The van der Waals surface area contributed by atoms with Crippen LogP contribution in [0.1, 0.15) is 49.7 Å². The van der Waals surface area contributed by atoms with Gasteiger partial charge < -0.3 is 20.5 Å². The van der Waals surface area contributed by atoms with Crippen LogP contribution in [-0.2, 0) is 14.3 Å². The van der Waals surface area contributed by atoms with Crippen LogP contribution >= 0.6 is 0 Å². The molecule has 2 amide bonds. The lowest BCUT2D eigenvalue weighted by Crippen LogP contribution is -2.42.